The molecular weight excluding hydrogens is 312 g/mol. The third-order valence-corrected chi connectivity index (χ3v) is 6.85. The van der Waals surface area contributed by atoms with Gasteiger partial charge in [-0.2, -0.15) is 12.6 Å². The maximum atomic E-state index is 11.4. The van der Waals surface area contributed by atoms with Gasteiger partial charge in [0, 0.05) is 30.1 Å². The lowest BCUT2D eigenvalue weighted by Crippen LogP contribution is -2.33. The van der Waals surface area contributed by atoms with Crippen molar-refractivity contribution in [1.29, 1.82) is 0 Å². The van der Waals surface area contributed by atoms with Crippen molar-refractivity contribution >= 4 is 34.2 Å². The molecule has 112 valence electrons. The minimum Gasteiger partial charge on any atom is -0.381 e. The maximum absolute atomic E-state index is 11.4. The summed E-state index contributed by atoms with van der Waals surface area (Å²) < 4.78 is 28.3. The van der Waals surface area contributed by atoms with Gasteiger partial charge >= 0.3 is 0 Å². The van der Waals surface area contributed by atoms with Crippen LogP contribution in [0.15, 0.2) is 34.1 Å². The second-order valence-electron chi connectivity index (χ2n) is 5.30. The zero-order valence-electron chi connectivity index (χ0n) is 11.5. The smallest absolute Gasteiger partial charge is 0.175 e. The second kappa shape index (κ2) is 6.73. The zero-order chi connectivity index (χ0) is 14.6. The molecule has 0 aliphatic carbocycles. The summed E-state index contributed by atoms with van der Waals surface area (Å²) in [6.07, 6.45) is 3.32. The van der Waals surface area contributed by atoms with E-state index in [0.29, 0.717) is 4.90 Å². The standard InChI is InChI=1S/C14H20O3S3/c1-20(15,16)13-4-2-12(3-5-13)19-11-14(10-18)6-8-17-9-7-14/h2-5,18H,6-11H2,1H3. The number of ether oxygens (including phenoxy) is 1. The lowest BCUT2D eigenvalue weighted by molar-refractivity contribution is 0.0371. The van der Waals surface area contributed by atoms with Gasteiger partial charge in [0.1, 0.15) is 0 Å². The fourth-order valence-corrected chi connectivity index (χ4v) is 4.57. The molecule has 0 unspecified atom stereocenters. The highest BCUT2D eigenvalue weighted by atomic mass is 32.2. The van der Waals surface area contributed by atoms with E-state index in [4.69, 9.17) is 4.74 Å². The van der Waals surface area contributed by atoms with Crippen LogP contribution in [0.4, 0.5) is 0 Å². The highest BCUT2D eigenvalue weighted by Gasteiger charge is 2.31. The van der Waals surface area contributed by atoms with Crippen molar-refractivity contribution < 1.29 is 13.2 Å². The molecule has 20 heavy (non-hydrogen) atoms. The van der Waals surface area contributed by atoms with Crippen LogP contribution in [0.3, 0.4) is 0 Å². The molecule has 0 radical (unpaired) electrons. The van der Waals surface area contributed by atoms with E-state index in [0.717, 1.165) is 42.5 Å². The Morgan fingerprint density at radius 2 is 1.85 bits per heavy atom. The Morgan fingerprint density at radius 3 is 2.35 bits per heavy atom. The quantitative estimate of drug-likeness (QED) is 0.665. The van der Waals surface area contributed by atoms with Gasteiger partial charge in [0.05, 0.1) is 4.90 Å². The largest absolute Gasteiger partial charge is 0.381 e. The van der Waals surface area contributed by atoms with Crippen LogP contribution in [0, 0.1) is 5.41 Å². The Kier molecular flexibility index (Phi) is 5.45. The van der Waals surface area contributed by atoms with Crippen LogP contribution in [-0.4, -0.2) is 39.4 Å². The number of thioether (sulfide) groups is 1. The highest BCUT2D eigenvalue weighted by molar-refractivity contribution is 7.99. The monoisotopic (exact) mass is 332 g/mol. The van der Waals surface area contributed by atoms with E-state index in [1.165, 1.54) is 6.26 Å². The third kappa shape index (κ3) is 4.16. The fraction of sp³-hybridized carbons (Fsp3) is 0.571. The first-order valence-corrected chi connectivity index (χ1v) is 10.1. The predicted octanol–water partition coefficient (Wildman–Crippen LogP) is 2.91. The van der Waals surface area contributed by atoms with Crippen LogP contribution in [0.5, 0.6) is 0 Å². The van der Waals surface area contributed by atoms with Crippen LogP contribution >= 0.6 is 24.4 Å². The Bertz CT molecular complexity index is 531. The molecule has 0 saturated carbocycles. The molecule has 1 aliphatic rings. The Balaban J connectivity index is 2.00. The lowest BCUT2D eigenvalue weighted by atomic mass is 9.84. The van der Waals surface area contributed by atoms with Gasteiger partial charge < -0.3 is 4.74 Å². The Labute approximate surface area is 130 Å². The van der Waals surface area contributed by atoms with Gasteiger partial charge in [0.25, 0.3) is 0 Å². The molecule has 0 amide bonds. The van der Waals surface area contributed by atoms with Crippen molar-refractivity contribution in [3.05, 3.63) is 24.3 Å². The summed E-state index contributed by atoms with van der Waals surface area (Å²) in [5.74, 6) is 1.86. The van der Waals surface area contributed by atoms with E-state index >= 15 is 0 Å². The number of thiol groups is 1. The molecule has 1 aromatic carbocycles. The summed E-state index contributed by atoms with van der Waals surface area (Å²) in [5, 5.41) is 0. The normalized spacial score (nSPS) is 18.9. The molecule has 1 heterocycles. The van der Waals surface area contributed by atoms with Gasteiger partial charge in [-0.05, 0) is 48.3 Å². The van der Waals surface area contributed by atoms with E-state index in [1.807, 2.05) is 12.1 Å². The number of benzene rings is 1. The first-order chi connectivity index (χ1) is 9.45. The van der Waals surface area contributed by atoms with Crippen LogP contribution in [0.25, 0.3) is 0 Å². The Morgan fingerprint density at radius 1 is 1.25 bits per heavy atom. The minimum absolute atomic E-state index is 0.238. The summed E-state index contributed by atoms with van der Waals surface area (Å²) in [4.78, 5) is 1.47. The highest BCUT2D eigenvalue weighted by Crippen LogP contribution is 2.37. The van der Waals surface area contributed by atoms with E-state index in [9.17, 15) is 8.42 Å². The van der Waals surface area contributed by atoms with Gasteiger partial charge in [-0.25, -0.2) is 8.42 Å². The summed E-state index contributed by atoms with van der Waals surface area (Å²) in [6.45, 7) is 1.63. The van der Waals surface area contributed by atoms with Gasteiger partial charge in [-0.3, -0.25) is 0 Å². The van der Waals surface area contributed by atoms with Crippen LogP contribution in [0.1, 0.15) is 12.8 Å². The first-order valence-electron chi connectivity index (χ1n) is 6.57. The molecule has 1 saturated heterocycles. The summed E-state index contributed by atoms with van der Waals surface area (Å²) in [6, 6.07) is 7.11. The summed E-state index contributed by atoms with van der Waals surface area (Å²) in [7, 11) is -3.11. The van der Waals surface area contributed by atoms with E-state index in [1.54, 1.807) is 23.9 Å². The topological polar surface area (TPSA) is 43.4 Å². The SMILES string of the molecule is CS(=O)(=O)c1ccc(SCC2(CS)CCOCC2)cc1. The lowest BCUT2D eigenvalue weighted by Gasteiger charge is -2.35. The number of hydrogen-bond acceptors (Lipinski definition) is 5. The molecule has 1 aromatic rings. The molecule has 0 N–H and O–H groups in total. The van der Waals surface area contributed by atoms with Crippen molar-refractivity contribution in [2.24, 2.45) is 5.41 Å². The van der Waals surface area contributed by atoms with Crippen LogP contribution in [-0.2, 0) is 14.6 Å². The van der Waals surface area contributed by atoms with Crippen molar-refractivity contribution in [1.82, 2.24) is 0 Å². The molecule has 1 fully saturated rings. The number of sulfone groups is 1. The maximum Gasteiger partial charge on any atom is 0.175 e. The predicted molar refractivity (Wildman–Crippen MR) is 86.6 cm³/mol. The van der Waals surface area contributed by atoms with Gasteiger partial charge in [0.2, 0.25) is 0 Å². The van der Waals surface area contributed by atoms with Crippen LogP contribution < -0.4 is 0 Å². The average molecular weight is 333 g/mol. The summed E-state index contributed by atoms with van der Waals surface area (Å²) in [5.41, 5.74) is 0.238. The average Bonchev–Trinajstić information content (AvgIpc) is 2.46. The van der Waals surface area contributed by atoms with Crippen molar-refractivity contribution in [2.75, 3.05) is 31.0 Å². The van der Waals surface area contributed by atoms with Gasteiger partial charge in [-0.15, -0.1) is 11.8 Å². The molecule has 3 nitrogen and oxygen atoms in total. The van der Waals surface area contributed by atoms with Crippen molar-refractivity contribution in [3.63, 3.8) is 0 Å². The minimum atomic E-state index is -3.11. The van der Waals surface area contributed by atoms with E-state index < -0.39 is 9.84 Å². The van der Waals surface area contributed by atoms with Crippen molar-refractivity contribution in [2.45, 2.75) is 22.6 Å². The number of rotatable bonds is 5. The fourth-order valence-electron chi connectivity index (χ4n) is 2.17. The molecule has 1 aliphatic heterocycles. The van der Waals surface area contributed by atoms with Crippen LogP contribution in [0.2, 0.25) is 0 Å². The molecule has 0 bridgehead atoms. The molecule has 2 rings (SSSR count). The third-order valence-electron chi connectivity index (χ3n) is 3.69. The van der Waals surface area contributed by atoms with Crippen molar-refractivity contribution in [3.8, 4) is 0 Å². The Hall–Kier alpha value is -0.170. The molecule has 0 atom stereocenters. The summed E-state index contributed by atoms with van der Waals surface area (Å²) >= 11 is 6.27. The van der Waals surface area contributed by atoms with Gasteiger partial charge in [-0.1, -0.05) is 0 Å². The zero-order valence-corrected chi connectivity index (χ0v) is 14.1. The van der Waals surface area contributed by atoms with E-state index in [-0.39, 0.29) is 5.41 Å². The molecular formula is C14H20O3S3. The first kappa shape index (κ1) is 16.2. The number of hydrogen-bond donors (Lipinski definition) is 1. The molecule has 0 spiro atoms. The van der Waals surface area contributed by atoms with E-state index in [2.05, 4.69) is 12.6 Å². The second-order valence-corrected chi connectivity index (χ2v) is 8.68. The molecule has 6 heteroatoms. The molecule has 0 aromatic heterocycles. The van der Waals surface area contributed by atoms with Gasteiger partial charge in [0.15, 0.2) is 9.84 Å².